The van der Waals surface area contributed by atoms with Crippen molar-refractivity contribution in [1.82, 2.24) is 0 Å². The second kappa shape index (κ2) is 7.67. The Morgan fingerprint density at radius 2 is 1.04 bits per heavy atom. The van der Waals surface area contributed by atoms with Gasteiger partial charge in [-0.15, -0.1) is 0 Å². The molecule has 0 fully saturated rings. The lowest BCUT2D eigenvalue weighted by molar-refractivity contribution is -0.138. The zero-order valence-electron chi connectivity index (χ0n) is 12.8. The first-order valence-electron chi connectivity index (χ1n) is 7.26. The van der Waals surface area contributed by atoms with E-state index in [1.807, 2.05) is 0 Å². The largest absolute Gasteiger partial charge is 0.493 e. The molecule has 2 aromatic carbocycles. The standard InChI is InChI=1S/C17H14F6O2/c18-16(19,20)12-4-1-6-14(10-12)24-8-3-9-25-15-7-2-5-13(11-15)17(21,22)23/h1-2,4-7,10-11H,3,8-9H2. The van der Waals surface area contributed by atoms with Gasteiger partial charge in [0.1, 0.15) is 11.5 Å². The topological polar surface area (TPSA) is 18.5 Å². The summed E-state index contributed by atoms with van der Waals surface area (Å²) < 4.78 is 85.8. The normalized spacial score (nSPS) is 12.1. The molecule has 0 N–H and O–H groups in total. The predicted octanol–water partition coefficient (Wildman–Crippen LogP) is 5.57. The summed E-state index contributed by atoms with van der Waals surface area (Å²) in [6.07, 6.45) is -8.61. The molecule has 2 rings (SSSR count). The molecule has 25 heavy (non-hydrogen) atoms. The van der Waals surface area contributed by atoms with Gasteiger partial charge in [-0.1, -0.05) is 12.1 Å². The van der Waals surface area contributed by atoms with E-state index in [2.05, 4.69) is 0 Å². The fraction of sp³-hybridized carbons (Fsp3) is 0.294. The Hall–Kier alpha value is -2.38. The first kappa shape index (κ1) is 19.0. The number of hydrogen-bond acceptors (Lipinski definition) is 2. The van der Waals surface area contributed by atoms with Gasteiger partial charge in [-0.2, -0.15) is 26.3 Å². The lowest BCUT2D eigenvalue weighted by Gasteiger charge is -2.11. The summed E-state index contributed by atoms with van der Waals surface area (Å²) in [6.45, 7) is 0.139. The Kier molecular flexibility index (Phi) is 5.81. The highest BCUT2D eigenvalue weighted by Gasteiger charge is 2.31. The SMILES string of the molecule is FC(F)(F)c1cccc(OCCCOc2cccc(C(F)(F)F)c2)c1. The zero-order valence-corrected chi connectivity index (χ0v) is 12.8. The molecule has 0 heterocycles. The molecular formula is C17H14F6O2. The fourth-order valence-corrected chi connectivity index (χ4v) is 1.96. The third-order valence-electron chi connectivity index (χ3n) is 3.15. The molecule has 0 aromatic heterocycles. The first-order chi connectivity index (χ1) is 11.7. The van der Waals surface area contributed by atoms with E-state index < -0.39 is 23.5 Å². The molecule has 8 heteroatoms. The second-order valence-corrected chi connectivity index (χ2v) is 5.10. The smallest absolute Gasteiger partial charge is 0.416 e. The van der Waals surface area contributed by atoms with Gasteiger partial charge in [-0.3, -0.25) is 0 Å². The predicted molar refractivity (Wildman–Crippen MR) is 78.5 cm³/mol. The molecule has 0 radical (unpaired) electrons. The van der Waals surface area contributed by atoms with Crippen molar-refractivity contribution in [3.8, 4) is 11.5 Å². The average Bonchev–Trinajstić information content (AvgIpc) is 2.53. The fourth-order valence-electron chi connectivity index (χ4n) is 1.96. The second-order valence-electron chi connectivity index (χ2n) is 5.10. The van der Waals surface area contributed by atoms with Gasteiger partial charge in [0, 0.05) is 6.42 Å². The lowest BCUT2D eigenvalue weighted by Crippen LogP contribution is -2.08. The maximum atomic E-state index is 12.6. The van der Waals surface area contributed by atoms with Gasteiger partial charge in [-0.25, -0.2) is 0 Å². The van der Waals surface area contributed by atoms with Crippen molar-refractivity contribution < 1.29 is 35.8 Å². The van der Waals surface area contributed by atoms with Gasteiger partial charge in [0.2, 0.25) is 0 Å². The molecule has 0 spiro atoms. The molecule has 0 aliphatic rings. The third kappa shape index (κ3) is 5.88. The van der Waals surface area contributed by atoms with Crippen LogP contribution < -0.4 is 9.47 Å². The molecular weight excluding hydrogens is 350 g/mol. The molecule has 136 valence electrons. The van der Waals surface area contributed by atoms with Gasteiger partial charge in [0.25, 0.3) is 0 Å². The quantitative estimate of drug-likeness (QED) is 0.493. The van der Waals surface area contributed by atoms with Crippen molar-refractivity contribution >= 4 is 0 Å². The number of hydrogen-bond donors (Lipinski definition) is 0. The van der Waals surface area contributed by atoms with Crippen LogP contribution in [0.15, 0.2) is 48.5 Å². The van der Waals surface area contributed by atoms with Gasteiger partial charge in [0.15, 0.2) is 0 Å². The summed E-state index contributed by atoms with van der Waals surface area (Å²) >= 11 is 0. The van der Waals surface area contributed by atoms with Crippen LogP contribution in [0.3, 0.4) is 0 Å². The van der Waals surface area contributed by atoms with Crippen molar-refractivity contribution in [2.24, 2.45) is 0 Å². The molecule has 0 aliphatic heterocycles. The van der Waals surface area contributed by atoms with E-state index in [0.29, 0.717) is 6.42 Å². The minimum atomic E-state index is -4.45. The molecule has 0 aliphatic carbocycles. The van der Waals surface area contributed by atoms with Crippen molar-refractivity contribution in [3.05, 3.63) is 59.7 Å². The van der Waals surface area contributed by atoms with E-state index in [0.717, 1.165) is 24.3 Å². The molecule has 2 aromatic rings. The highest BCUT2D eigenvalue weighted by molar-refractivity contribution is 5.31. The number of alkyl halides is 6. The van der Waals surface area contributed by atoms with E-state index in [-0.39, 0.29) is 24.7 Å². The van der Waals surface area contributed by atoms with Crippen molar-refractivity contribution in [1.29, 1.82) is 0 Å². The summed E-state index contributed by atoms with van der Waals surface area (Å²) in [5, 5.41) is 0. The van der Waals surface area contributed by atoms with Crippen LogP contribution in [-0.4, -0.2) is 13.2 Å². The number of ether oxygens (including phenoxy) is 2. The molecule has 0 saturated heterocycles. The number of benzene rings is 2. The summed E-state index contributed by atoms with van der Waals surface area (Å²) in [7, 11) is 0. The Labute approximate surface area is 140 Å². The van der Waals surface area contributed by atoms with Crippen LogP contribution in [0.5, 0.6) is 11.5 Å². The number of halogens is 6. The minimum Gasteiger partial charge on any atom is -0.493 e. The minimum absolute atomic E-state index is 0.0638. The average molecular weight is 364 g/mol. The summed E-state index contributed by atoms with van der Waals surface area (Å²) in [5.74, 6) is 0.128. The van der Waals surface area contributed by atoms with Crippen LogP contribution in [0, 0.1) is 0 Å². The Morgan fingerprint density at radius 3 is 1.40 bits per heavy atom. The van der Waals surface area contributed by atoms with Gasteiger partial charge < -0.3 is 9.47 Å². The van der Waals surface area contributed by atoms with E-state index >= 15 is 0 Å². The molecule has 2 nitrogen and oxygen atoms in total. The van der Waals surface area contributed by atoms with E-state index in [1.54, 1.807) is 0 Å². The molecule has 0 amide bonds. The third-order valence-corrected chi connectivity index (χ3v) is 3.15. The van der Waals surface area contributed by atoms with Crippen LogP contribution in [0.2, 0.25) is 0 Å². The maximum Gasteiger partial charge on any atom is 0.416 e. The molecule has 0 atom stereocenters. The summed E-state index contributed by atoms with van der Waals surface area (Å²) in [6, 6.07) is 8.88. The Bertz CT molecular complexity index is 635. The Morgan fingerprint density at radius 1 is 0.640 bits per heavy atom. The summed E-state index contributed by atoms with van der Waals surface area (Å²) in [5.41, 5.74) is -1.63. The van der Waals surface area contributed by atoms with E-state index in [9.17, 15) is 26.3 Å². The van der Waals surface area contributed by atoms with Gasteiger partial charge in [0.05, 0.1) is 24.3 Å². The monoisotopic (exact) mass is 364 g/mol. The van der Waals surface area contributed by atoms with Gasteiger partial charge in [-0.05, 0) is 36.4 Å². The van der Waals surface area contributed by atoms with E-state index in [1.165, 1.54) is 24.3 Å². The number of rotatable bonds is 6. The zero-order chi connectivity index (χ0) is 18.5. The van der Waals surface area contributed by atoms with Crippen LogP contribution in [0.1, 0.15) is 17.5 Å². The lowest BCUT2D eigenvalue weighted by atomic mass is 10.2. The first-order valence-corrected chi connectivity index (χ1v) is 7.26. The van der Waals surface area contributed by atoms with Gasteiger partial charge >= 0.3 is 12.4 Å². The summed E-state index contributed by atoms with van der Waals surface area (Å²) in [4.78, 5) is 0. The maximum absolute atomic E-state index is 12.6. The van der Waals surface area contributed by atoms with Crippen LogP contribution in [0.4, 0.5) is 26.3 Å². The van der Waals surface area contributed by atoms with Crippen molar-refractivity contribution in [3.63, 3.8) is 0 Å². The Balaban J connectivity index is 1.79. The van der Waals surface area contributed by atoms with Crippen LogP contribution in [-0.2, 0) is 12.4 Å². The molecule has 0 unspecified atom stereocenters. The molecule has 0 saturated carbocycles. The van der Waals surface area contributed by atoms with E-state index in [4.69, 9.17) is 9.47 Å². The highest BCUT2D eigenvalue weighted by Crippen LogP contribution is 2.32. The van der Waals surface area contributed by atoms with Crippen molar-refractivity contribution in [2.75, 3.05) is 13.2 Å². The van der Waals surface area contributed by atoms with Crippen molar-refractivity contribution in [2.45, 2.75) is 18.8 Å². The molecule has 0 bridgehead atoms. The van der Waals surface area contributed by atoms with Crippen LogP contribution in [0.25, 0.3) is 0 Å². The highest BCUT2D eigenvalue weighted by atomic mass is 19.4. The van der Waals surface area contributed by atoms with Crippen LogP contribution >= 0.6 is 0 Å².